The summed E-state index contributed by atoms with van der Waals surface area (Å²) in [5.74, 6) is 0.312. The number of aryl methyl sites for hydroxylation is 2. The zero-order valence-electron chi connectivity index (χ0n) is 18.7. The van der Waals surface area contributed by atoms with Crippen LogP contribution in [0.2, 0.25) is 0 Å². The highest BCUT2D eigenvalue weighted by Gasteiger charge is 2.28. The van der Waals surface area contributed by atoms with Gasteiger partial charge in [-0.3, -0.25) is 4.79 Å². The quantitative estimate of drug-likeness (QED) is 0.601. The van der Waals surface area contributed by atoms with Gasteiger partial charge in [0.1, 0.15) is 0 Å². The molecule has 3 aromatic heterocycles. The minimum atomic E-state index is -0.336. The predicted octanol–water partition coefficient (Wildman–Crippen LogP) is 3.23. The number of thiophene rings is 1. The van der Waals surface area contributed by atoms with Gasteiger partial charge >= 0.3 is 6.09 Å². The fourth-order valence-corrected chi connectivity index (χ4v) is 4.72. The maximum absolute atomic E-state index is 13.1. The molecule has 0 aromatic carbocycles. The molecule has 0 bridgehead atoms. The largest absolute Gasteiger partial charge is 0.450 e. The third-order valence-corrected chi connectivity index (χ3v) is 6.45. The Hall–Kier alpha value is -3.27. The van der Waals surface area contributed by atoms with Crippen LogP contribution in [0.15, 0.2) is 24.5 Å². The van der Waals surface area contributed by atoms with E-state index in [0.717, 1.165) is 11.3 Å². The van der Waals surface area contributed by atoms with Crippen molar-refractivity contribution in [3.05, 3.63) is 45.5 Å². The van der Waals surface area contributed by atoms with Crippen LogP contribution in [0.5, 0.6) is 0 Å². The number of hydrogen-bond donors (Lipinski definition) is 0. The Morgan fingerprint density at radius 1 is 1.12 bits per heavy atom. The van der Waals surface area contributed by atoms with Crippen molar-refractivity contribution >= 4 is 23.3 Å². The Morgan fingerprint density at radius 3 is 2.50 bits per heavy atom. The number of nitrogens with zero attached hydrogens (tertiary/aromatic N) is 6. The first kappa shape index (κ1) is 21.9. The second-order valence-corrected chi connectivity index (χ2v) is 9.06. The minimum absolute atomic E-state index is 0.113. The van der Waals surface area contributed by atoms with Crippen molar-refractivity contribution < 1.29 is 14.3 Å². The molecule has 1 aliphatic rings. The van der Waals surface area contributed by atoms with Gasteiger partial charge in [-0.1, -0.05) is 0 Å². The lowest BCUT2D eigenvalue weighted by molar-refractivity contribution is 0.0570. The van der Waals surface area contributed by atoms with Crippen LogP contribution in [0.1, 0.15) is 32.7 Å². The normalized spacial score (nSPS) is 14.0. The van der Waals surface area contributed by atoms with E-state index in [9.17, 15) is 9.59 Å². The number of rotatable bonds is 4. The van der Waals surface area contributed by atoms with Gasteiger partial charge in [0.15, 0.2) is 0 Å². The molecule has 0 radical (unpaired) electrons. The Bertz CT molecular complexity index is 1150. The lowest BCUT2D eigenvalue weighted by Crippen LogP contribution is -2.50. The molecule has 4 rings (SSSR count). The van der Waals surface area contributed by atoms with Crippen LogP contribution in [0.25, 0.3) is 17.2 Å². The Morgan fingerprint density at radius 2 is 1.84 bits per heavy atom. The van der Waals surface area contributed by atoms with Crippen LogP contribution in [-0.4, -0.2) is 74.3 Å². The summed E-state index contributed by atoms with van der Waals surface area (Å²) < 4.78 is 6.64. The number of hydrogen-bond acceptors (Lipinski definition) is 7. The molecule has 1 saturated heterocycles. The van der Waals surface area contributed by atoms with E-state index in [1.165, 1.54) is 9.75 Å². The van der Waals surface area contributed by atoms with Crippen LogP contribution in [0.3, 0.4) is 0 Å². The first-order chi connectivity index (χ1) is 15.4. The lowest BCUT2D eigenvalue weighted by atomic mass is 10.2. The number of carbonyl (C=O) groups is 2. The monoisotopic (exact) mass is 454 g/mol. The van der Waals surface area contributed by atoms with Gasteiger partial charge in [-0.05, 0) is 39.8 Å². The molecule has 0 atom stereocenters. The van der Waals surface area contributed by atoms with E-state index < -0.39 is 0 Å². The summed E-state index contributed by atoms with van der Waals surface area (Å²) in [6, 6.07) is 4.00. The highest BCUT2D eigenvalue weighted by molar-refractivity contribution is 7.12. The molecule has 3 aromatic rings. The van der Waals surface area contributed by atoms with E-state index in [0.29, 0.717) is 50.0 Å². The van der Waals surface area contributed by atoms with Crippen molar-refractivity contribution in [2.24, 2.45) is 0 Å². The highest BCUT2D eigenvalue weighted by Crippen LogP contribution is 2.29. The Labute approximate surface area is 190 Å². The summed E-state index contributed by atoms with van der Waals surface area (Å²) in [7, 11) is 0. The summed E-state index contributed by atoms with van der Waals surface area (Å²) in [4.78, 5) is 39.8. The summed E-state index contributed by atoms with van der Waals surface area (Å²) in [6.45, 7) is 9.90. The molecule has 2 amide bonds. The van der Waals surface area contributed by atoms with Gasteiger partial charge < -0.3 is 14.5 Å². The van der Waals surface area contributed by atoms with E-state index in [1.54, 1.807) is 45.1 Å². The van der Waals surface area contributed by atoms with Crippen molar-refractivity contribution in [1.82, 2.24) is 29.5 Å². The molecule has 10 heteroatoms. The minimum Gasteiger partial charge on any atom is -0.450 e. The molecule has 168 valence electrons. The van der Waals surface area contributed by atoms with Crippen LogP contribution in [0.4, 0.5) is 4.79 Å². The molecule has 0 aliphatic carbocycles. The summed E-state index contributed by atoms with van der Waals surface area (Å²) in [5.41, 5.74) is 3.09. The van der Waals surface area contributed by atoms with E-state index in [-0.39, 0.29) is 12.0 Å². The standard InChI is InChI=1S/C22H26N6O3S/c1-5-31-22(30)27-10-8-26(9-11-27)20(29)18-13-24-28(15(18)3)21-23-7-6-19(25-21)17-12-14(2)32-16(17)4/h6-7,12-13H,5,8-11H2,1-4H3. The van der Waals surface area contributed by atoms with Crippen molar-refractivity contribution in [3.63, 3.8) is 0 Å². The van der Waals surface area contributed by atoms with Gasteiger partial charge in [-0.15, -0.1) is 11.3 Å². The van der Waals surface area contributed by atoms with Gasteiger partial charge in [0.2, 0.25) is 0 Å². The highest BCUT2D eigenvalue weighted by atomic mass is 32.1. The first-order valence-corrected chi connectivity index (χ1v) is 11.4. The second kappa shape index (κ2) is 9.07. The average Bonchev–Trinajstić information content (AvgIpc) is 3.34. The van der Waals surface area contributed by atoms with Crippen LogP contribution >= 0.6 is 11.3 Å². The number of carbonyl (C=O) groups excluding carboxylic acids is 2. The topological polar surface area (TPSA) is 93.5 Å². The molecule has 1 fully saturated rings. The van der Waals surface area contributed by atoms with Crippen molar-refractivity contribution in [1.29, 1.82) is 0 Å². The summed E-state index contributed by atoms with van der Waals surface area (Å²) in [5, 5.41) is 4.39. The second-order valence-electron chi connectivity index (χ2n) is 7.60. The molecule has 0 saturated carbocycles. The van der Waals surface area contributed by atoms with E-state index in [2.05, 4.69) is 30.0 Å². The lowest BCUT2D eigenvalue weighted by Gasteiger charge is -2.34. The third kappa shape index (κ3) is 4.22. The number of aromatic nitrogens is 4. The van der Waals surface area contributed by atoms with Crippen molar-refractivity contribution in [2.45, 2.75) is 27.7 Å². The van der Waals surface area contributed by atoms with E-state index >= 15 is 0 Å². The van der Waals surface area contributed by atoms with Crippen molar-refractivity contribution in [2.75, 3.05) is 32.8 Å². The third-order valence-electron chi connectivity index (χ3n) is 5.48. The van der Waals surface area contributed by atoms with Crippen LogP contribution in [0, 0.1) is 20.8 Å². The van der Waals surface area contributed by atoms with Crippen molar-refractivity contribution in [3.8, 4) is 17.2 Å². The molecule has 0 N–H and O–H groups in total. The zero-order valence-corrected chi connectivity index (χ0v) is 19.5. The van der Waals surface area contributed by atoms with Crippen LogP contribution in [-0.2, 0) is 4.74 Å². The maximum atomic E-state index is 13.1. The summed E-state index contributed by atoms with van der Waals surface area (Å²) in [6.07, 6.45) is 2.93. The van der Waals surface area contributed by atoms with E-state index in [4.69, 9.17) is 9.72 Å². The molecular formula is C22H26N6O3S. The number of piperazine rings is 1. The average molecular weight is 455 g/mol. The summed E-state index contributed by atoms with van der Waals surface area (Å²) >= 11 is 1.73. The Balaban J connectivity index is 1.52. The molecule has 4 heterocycles. The molecular weight excluding hydrogens is 428 g/mol. The zero-order chi connectivity index (χ0) is 22.8. The number of ether oxygens (including phenoxy) is 1. The van der Waals surface area contributed by atoms with E-state index in [1.807, 2.05) is 13.0 Å². The maximum Gasteiger partial charge on any atom is 0.409 e. The molecule has 9 nitrogen and oxygen atoms in total. The smallest absolute Gasteiger partial charge is 0.409 e. The SMILES string of the molecule is CCOC(=O)N1CCN(C(=O)c2cnn(-c3nccc(-c4cc(C)sc4C)n3)c2C)CC1. The molecule has 32 heavy (non-hydrogen) atoms. The van der Waals surface area contributed by atoms with Gasteiger partial charge in [-0.2, -0.15) is 5.10 Å². The fourth-order valence-electron chi connectivity index (χ4n) is 3.78. The van der Waals surface area contributed by atoms with Gasteiger partial charge in [-0.25, -0.2) is 19.4 Å². The Kier molecular flexibility index (Phi) is 6.22. The predicted molar refractivity (Wildman–Crippen MR) is 121 cm³/mol. The fraction of sp³-hybridized carbons (Fsp3) is 0.409. The molecule has 0 spiro atoms. The van der Waals surface area contributed by atoms with Gasteiger partial charge in [0.25, 0.3) is 11.9 Å². The van der Waals surface area contributed by atoms with Gasteiger partial charge in [0, 0.05) is 47.7 Å². The molecule has 1 aliphatic heterocycles. The number of amides is 2. The first-order valence-electron chi connectivity index (χ1n) is 10.6. The van der Waals surface area contributed by atoms with Crippen LogP contribution < -0.4 is 0 Å². The van der Waals surface area contributed by atoms with Gasteiger partial charge in [0.05, 0.1) is 29.8 Å². The molecule has 0 unspecified atom stereocenters.